The van der Waals surface area contributed by atoms with Crippen molar-refractivity contribution in [3.8, 4) is 0 Å². The number of nitrogens with one attached hydrogen (secondary N) is 3. The Morgan fingerprint density at radius 2 is 2.00 bits per heavy atom. The molecule has 3 unspecified atom stereocenters. The number of carbonyl (C=O) groups excluding carboxylic acids is 1. The van der Waals surface area contributed by atoms with Gasteiger partial charge in [0.2, 0.25) is 5.91 Å². The van der Waals surface area contributed by atoms with Crippen molar-refractivity contribution in [1.82, 2.24) is 20.9 Å². The van der Waals surface area contributed by atoms with Gasteiger partial charge in [0.05, 0.1) is 12.6 Å². The molecule has 2 aliphatic carbocycles. The molecule has 2 aliphatic heterocycles. The molecule has 27 heavy (non-hydrogen) atoms. The zero-order chi connectivity index (χ0) is 18.9. The van der Waals surface area contributed by atoms with Gasteiger partial charge in [-0.25, -0.2) is 0 Å². The molecule has 2 heterocycles. The van der Waals surface area contributed by atoms with Crippen molar-refractivity contribution in [3.05, 3.63) is 0 Å². The van der Waals surface area contributed by atoms with Crippen molar-refractivity contribution in [3.63, 3.8) is 0 Å². The summed E-state index contributed by atoms with van der Waals surface area (Å²) in [7, 11) is 1.70. The lowest BCUT2D eigenvalue weighted by atomic mass is 9.46. The summed E-state index contributed by atoms with van der Waals surface area (Å²) in [5.74, 6) is 1.73. The van der Waals surface area contributed by atoms with Crippen LogP contribution >= 0.6 is 0 Å². The summed E-state index contributed by atoms with van der Waals surface area (Å²) in [6.45, 7) is 6.22. The van der Waals surface area contributed by atoms with E-state index in [1.807, 2.05) is 0 Å². The molecule has 2 saturated heterocycles. The maximum absolute atomic E-state index is 11.6. The van der Waals surface area contributed by atoms with Gasteiger partial charge in [-0.2, -0.15) is 0 Å². The fourth-order valence-electron chi connectivity index (χ4n) is 5.61. The summed E-state index contributed by atoms with van der Waals surface area (Å²) in [6.07, 6.45) is 7.69. The normalized spacial score (nSPS) is 33.1. The molecular weight excluding hydrogens is 342 g/mol. The Morgan fingerprint density at radius 1 is 1.22 bits per heavy atom. The van der Waals surface area contributed by atoms with Crippen LogP contribution in [0.4, 0.5) is 0 Å². The van der Waals surface area contributed by atoms with Gasteiger partial charge in [0.25, 0.3) is 0 Å². The van der Waals surface area contributed by atoms with E-state index in [2.05, 4.69) is 27.8 Å². The first-order chi connectivity index (χ1) is 13.2. The molecule has 0 radical (unpaired) electrons. The van der Waals surface area contributed by atoms with Gasteiger partial charge in [0.15, 0.2) is 5.96 Å². The molecule has 0 bridgehead atoms. The Balaban J connectivity index is 1.30. The van der Waals surface area contributed by atoms with Gasteiger partial charge in [-0.3, -0.25) is 14.7 Å². The highest BCUT2D eigenvalue weighted by Crippen LogP contribution is 2.62. The molecule has 4 rings (SSSR count). The van der Waals surface area contributed by atoms with Crippen molar-refractivity contribution in [2.45, 2.75) is 63.6 Å². The number of hydrogen-bond donors (Lipinski definition) is 3. The number of aliphatic imine (C=N–C) groups is 1. The number of fused-ring (bicyclic) bond motifs is 2. The van der Waals surface area contributed by atoms with Crippen LogP contribution in [0.3, 0.4) is 0 Å². The van der Waals surface area contributed by atoms with Crippen LogP contribution in [-0.4, -0.2) is 74.8 Å². The molecule has 152 valence electrons. The molecule has 0 aromatic heterocycles. The summed E-state index contributed by atoms with van der Waals surface area (Å²) in [5, 5.41) is 10.2. The van der Waals surface area contributed by atoms with E-state index in [9.17, 15) is 4.79 Å². The molecule has 7 heteroatoms. The molecule has 4 fully saturated rings. The summed E-state index contributed by atoms with van der Waals surface area (Å²) >= 11 is 0. The number of hydrogen-bond acceptors (Lipinski definition) is 4. The second-order valence-electron chi connectivity index (χ2n) is 8.64. The van der Waals surface area contributed by atoms with E-state index >= 15 is 0 Å². The minimum Gasteiger partial charge on any atom is -0.377 e. The number of carbonyl (C=O) groups is 1. The number of amides is 1. The Morgan fingerprint density at radius 3 is 2.63 bits per heavy atom. The number of likely N-dealkylation sites (tertiary alicyclic amines) is 1. The fraction of sp³-hybridized carbons (Fsp3) is 0.900. The third-order valence-corrected chi connectivity index (χ3v) is 7.22. The zero-order valence-electron chi connectivity index (χ0n) is 16.8. The SMILES string of the molecule is CCN=C(NC1CCN(CC(=O)NC)CC1)NC1C2CCOC2C12CCC2. The summed E-state index contributed by atoms with van der Waals surface area (Å²) < 4.78 is 6.05. The lowest BCUT2D eigenvalue weighted by Crippen LogP contribution is -2.72. The van der Waals surface area contributed by atoms with Crippen molar-refractivity contribution in [2.75, 3.05) is 39.8 Å². The van der Waals surface area contributed by atoms with Crippen molar-refractivity contribution >= 4 is 11.9 Å². The number of guanidine groups is 1. The standard InChI is InChI=1S/C20H35N5O2/c1-3-22-19(23-14-5-10-25(11-6-14)13-16(26)21-2)24-17-15-7-12-27-18(15)20(17)8-4-9-20/h14-15,17-18H,3-13H2,1-2H3,(H,21,26)(H2,22,23,24). The first-order valence-corrected chi connectivity index (χ1v) is 10.8. The van der Waals surface area contributed by atoms with E-state index in [1.54, 1.807) is 7.05 Å². The van der Waals surface area contributed by atoms with Crippen LogP contribution < -0.4 is 16.0 Å². The molecule has 0 aromatic rings. The molecule has 0 aromatic carbocycles. The minimum absolute atomic E-state index is 0.0976. The second kappa shape index (κ2) is 7.95. The van der Waals surface area contributed by atoms with Gasteiger partial charge in [-0.05, 0) is 39.0 Å². The topological polar surface area (TPSA) is 78.0 Å². The van der Waals surface area contributed by atoms with E-state index < -0.39 is 0 Å². The zero-order valence-corrected chi connectivity index (χ0v) is 16.8. The number of rotatable bonds is 5. The van der Waals surface area contributed by atoms with Gasteiger partial charge in [0, 0.05) is 56.7 Å². The average Bonchev–Trinajstić information content (AvgIpc) is 3.05. The van der Waals surface area contributed by atoms with E-state index in [4.69, 9.17) is 9.73 Å². The lowest BCUT2D eigenvalue weighted by Gasteiger charge is -2.63. The number of ether oxygens (including phenoxy) is 1. The van der Waals surface area contributed by atoms with Crippen LogP contribution in [0, 0.1) is 11.3 Å². The highest BCUT2D eigenvalue weighted by atomic mass is 16.5. The quantitative estimate of drug-likeness (QED) is 0.486. The van der Waals surface area contributed by atoms with Crippen molar-refractivity contribution in [1.29, 1.82) is 0 Å². The molecule has 1 spiro atoms. The van der Waals surface area contributed by atoms with Crippen LogP contribution in [-0.2, 0) is 9.53 Å². The highest BCUT2D eigenvalue weighted by molar-refractivity contribution is 5.81. The largest absolute Gasteiger partial charge is 0.377 e. The van der Waals surface area contributed by atoms with E-state index in [0.29, 0.717) is 36.1 Å². The van der Waals surface area contributed by atoms with Crippen LogP contribution in [0.1, 0.15) is 45.4 Å². The van der Waals surface area contributed by atoms with Crippen molar-refractivity contribution < 1.29 is 9.53 Å². The van der Waals surface area contributed by atoms with Gasteiger partial charge in [0.1, 0.15) is 0 Å². The number of likely N-dealkylation sites (N-methyl/N-ethyl adjacent to an activating group) is 1. The molecule has 2 saturated carbocycles. The maximum atomic E-state index is 11.6. The molecule has 7 nitrogen and oxygen atoms in total. The maximum Gasteiger partial charge on any atom is 0.233 e. The van der Waals surface area contributed by atoms with Crippen LogP contribution in [0.25, 0.3) is 0 Å². The first kappa shape index (κ1) is 19.0. The molecule has 3 atom stereocenters. The lowest BCUT2D eigenvalue weighted by molar-refractivity contribution is -0.171. The Labute approximate surface area is 162 Å². The van der Waals surface area contributed by atoms with E-state index in [0.717, 1.165) is 45.0 Å². The monoisotopic (exact) mass is 377 g/mol. The smallest absolute Gasteiger partial charge is 0.233 e. The van der Waals surface area contributed by atoms with Crippen LogP contribution in [0.15, 0.2) is 4.99 Å². The summed E-state index contributed by atoms with van der Waals surface area (Å²) in [5.41, 5.74) is 0.369. The van der Waals surface area contributed by atoms with E-state index in [1.165, 1.54) is 25.7 Å². The Kier molecular flexibility index (Phi) is 5.60. The predicted molar refractivity (Wildman–Crippen MR) is 106 cm³/mol. The number of nitrogens with zero attached hydrogens (tertiary/aromatic N) is 2. The van der Waals surface area contributed by atoms with Crippen LogP contribution in [0.2, 0.25) is 0 Å². The van der Waals surface area contributed by atoms with Crippen LogP contribution in [0.5, 0.6) is 0 Å². The van der Waals surface area contributed by atoms with Gasteiger partial charge >= 0.3 is 0 Å². The third-order valence-electron chi connectivity index (χ3n) is 7.22. The second-order valence-corrected chi connectivity index (χ2v) is 8.64. The van der Waals surface area contributed by atoms with E-state index in [-0.39, 0.29) is 5.91 Å². The summed E-state index contributed by atoms with van der Waals surface area (Å²) in [4.78, 5) is 18.5. The number of piperidine rings is 1. The van der Waals surface area contributed by atoms with Gasteiger partial charge < -0.3 is 20.7 Å². The first-order valence-electron chi connectivity index (χ1n) is 10.8. The molecule has 3 N–H and O–H groups in total. The Bertz CT molecular complexity index is 569. The fourth-order valence-corrected chi connectivity index (χ4v) is 5.61. The minimum atomic E-state index is 0.0976. The highest BCUT2D eigenvalue weighted by Gasteiger charge is 2.66. The van der Waals surface area contributed by atoms with Gasteiger partial charge in [-0.15, -0.1) is 0 Å². The summed E-state index contributed by atoms with van der Waals surface area (Å²) in [6, 6.07) is 0.946. The molecule has 4 aliphatic rings. The molecule has 1 amide bonds. The average molecular weight is 378 g/mol. The predicted octanol–water partition coefficient (Wildman–Crippen LogP) is 0.710. The van der Waals surface area contributed by atoms with Crippen molar-refractivity contribution in [2.24, 2.45) is 16.3 Å². The van der Waals surface area contributed by atoms with Gasteiger partial charge in [-0.1, -0.05) is 6.42 Å². The molecular formula is C20H35N5O2. The Hall–Kier alpha value is -1.34. The third kappa shape index (κ3) is 3.56.